The Morgan fingerprint density at radius 2 is 1.90 bits per heavy atom. The van der Waals surface area contributed by atoms with Crippen LogP contribution in [-0.4, -0.2) is 6.54 Å². The van der Waals surface area contributed by atoms with Crippen molar-refractivity contribution in [3.63, 3.8) is 0 Å². The zero-order valence-electron chi connectivity index (χ0n) is 12.7. The summed E-state index contributed by atoms with van der Waals surface area (Å²) in [6.45, 7) is 6.29. The van der Waals surface area contributed by atoms with E-state index in [0.29, 0.717) is 6.61 Å². The number of halogens is 1. The number of ether oxygens (including phenoxy) is 1. The Kier molecular flexibility index (Phi) is 5.76. The van der Waals surface area contributed by atoms with Crippen molar-refractivity contribution in [3.8, 4) is 5.75 Å². The van der Waals surface area contributed by atoms with E-state index >= 15 is 0 Å². The van der Waals surface area contributed by atoms with Crippen LogP contribution in [0.25, 0.3) is 0 Å². The smallest absolute Gasteiger partial charge is 0.124 e. The Hall–Kier alpha value is -1.87. The molecule has 0 fully saturated rings. The summed E-state index contributed by atoms with van der Waals surface area (Å²) in [6.07, 6.45) is 1.11. The number of benzene rings is 2. The van der Waals surface area contributed by atoms with Crippen LogP contribution in [-0.2, 0) is 13.2 Å². The van der Waals surface area contributed by atoms with Crippen molar-refractivity contribution in [2.75, 3.05) is 6.54 Å². The van der Waals surface area contributed by atoms with Crippen LogP contribution < -0.4 is 10.1 Å². The van der Waals surface area contributed by atoms with Crippen LogP contribution in [0.5, 0.6) is 5.75 Å². The second kappa shape index (κ2) is 7.79. The third kappa shape index (κ3) is 4.57. The number of rotatable bonds is 7. The van der Waals surface area contributed by atoms with Gasteiger partial charge in [0.2, 0.25) is 0 Å². The molecule has 0 saturated carbocycles. The van der Waals surface area contributed by atoms with Crippen molar-refractivity contribution in [2.24, 2.45) is 0 Å². The SMILES string of the molecule is CCCNCc1ccccc1OCc1ccc(F)cc1C. The lowest BCUT2D eigenvalue weighted by molar-refractivity contribution is 0.301. The van der Waals surface area contributed by atoms with E-state index in [4.69, 9.17) is 4.74 Å². The van der Waals surface area contributed by atoms with Gasteiger partial charge in [0.25, 0.3) is 0 Å². The molecule has 2 nitrogen and oxygen atoms in total. The van der Waals surface area contributed by atoms with E-state index in [2.05, 4.69) is 18.3 Å². The van der Waals surface area contributed by atoms with Gasteiger partial charge in [0.15, 0.2) is 0 Å². The molecular formula is C18H22FNO. The first-order valence-corrected chi connectivity index (χ1v) is 7.37. The highest BCUT2D eigenvalue weighted by Gasteiger charge is 2.05. The molecule has 3 heteroatoms. The van der Waals surface area contributed by atoms with Crippen LogP contribution in [0.4, 0.5) is 4.39 Å². The van der Waals surface area contributed by atoms with Gasteiger partial charge in [-0.05, 0) is 49.2 Å². The number of aryl methyl sites for hydroxylation is 1. The van der Waals surface area contributed by atoms with E-state index in [9.17, 15) is 4.39 Å². The van der Waals surface area contributed by atoms with Crippen LogP contribution in [0, 0.1) is 12.7 Å². The lowest BCUT2D eigenvalue weighted by Crippen LogP contribution is -2.14. The van der Waals surface area contributed by atoms with Gasteiger partial charge in [-0.1, -0.05) is 31.2 Å². The lowest BCUT2D eigenvalue weighted by Gasteiger charge is -2.13. The third-order valence-electron chi connectivity index (χ3n) is 3.40. The molecule has 0 atom stereocenters. The van der Waals surface area contributed by atoms with Gasteiger partial charge in [0, 0.05) is 12.1 Å². The Morgan fingerprint density at radius 1 is 1.10 bits per heavy atom. The highest BCUT2D eigenvalue weighted by atomic mass is 19.1. The topological polar surface area (TPSA) is 21.3 Å². The number of hydrogen-bond acceptors (Lipinski definition) is 2. The van der Waals surface area contributed by atoms with Crippen LogP contribution >= 0.6 is 0 Å². The Morgan fingerprint density at radius 3 is 2.67 bits per heavy atom. The van der Waals surface area contributed by atoms with E-state index in [1.165, 1.54) is 12.1 Å². The molecule has 2 aromatic rings. The van der Waals surface area contributed by atoms with Crippen LogP contribution in [0.2, 0.25) is 0 Å². The van der Waals surface area contributed by atoms with E-state index < -0.39 is 0 Å². The predicted molar refractivity (Wildman–Crippen MR) is 83.9 cm³/mol. The molecule has 0 radical (unpaired) electrons. The van der Waals surface area contributed by atoms with Gasteiger partial charge in [0.1, 0.15) is 18.2 Å². The zero-order chi connectivity index (χ0) is 15.1. The first-order chi connectivity index (χ1) is 10.2. The minimum Gasteiger partial charge on any atom is -0.489 e. The molecule has 0 saturated heterocycles. The van der Waals surface area contributed by atoms with Crippen molar-refractivity contribution in [1.82, 2.24) is 5.32 Å². The average molecular weight is 287 g/mol. The number of nitrogens with one attached hydrogen (secondary N) is 1. The van der Waals surface area contributed by atoms with E-state index in [1.807, 2.05) is 25.1 Å². The summed E-state index contributed by atoms with van der Waals surface area (Å²) < 4.78 is 19.0. The fourth-order valence-corrected chi connectivity index (χ4v) is 2.17. The molecule has 0 unspecified atom stereocenters. The van der Waals surface area contributed by atoms with Gasteiger partial charge in [0.05, 0.1) is 0 Å². The molecule has 0 aromatic heterocycles. The molecule has 21 heavy (non-hydrogen) atoms. The summed E-state index contributed by atoms with van der Waals surface area (Å²) >= 11 is 0. The minimum absolute atomic E-state index is 0.208. The van der Waals surface area contributed by atoms with Gasteiger partial charge in [-0.15, -0.1) is 0 Å². The fourth-order valence-electron chi connectivity index (χ4n) is 2.17. The van der Waals surface area contributed by atoms with E-state index in [1.54, 1.807) is 6.07 Å². The summed E-state index contributed by atoms with van der Waals surface area (Å²) in [5.41, 5.74) is 3.06. The maximum atomic E-state index is 13.1. The average Bonchev–Trinajstić information content (AvgIpc) is 2.48. The van der Waals surface area contributed by atoms with Crippen molar-refractivity contribution >= 4 is 0 Å². The number of hydrogen-bond donors (Lipinski definition) is 1. The van der Waals surface area contributed by atoms with Gasteiger partial charge >= 0.3 is 0 Å². The van der Waals surface area contributed by atoms with Crippen molar-refractivity contribution in [3.05, 3.63) is 65.0 Å². The monoisotopic (exact) mass is 287 g/mol. The normalized spacial score (nSPS) is 10.6. The van der Waals surface area contributed by atoms with Crippen molar-refractivity contribution in [2.45, 2.75) is 33.4 Å². The third-order valence-corrected chi connectivity index (χ3v) is 3.40. The molecule has 0 bridgehead atoms. The minimum atomic E-state index is -0.208. The van der Waals surface area contributed by atoms with Crippen LogP contribution in [0.3, 0.4) is 0 Å². The molecule has 0 amide bonds. The van der Waals surface area contributed by atoms with Gasteiger partial charge in [-0.25, -0.2) is 4.39 Å². The first-order valence-electron chi connectivity index (χ1n) is 7.37. The molecule has 0 heterocycles. The van der Waals surface area contributed by atoms with Crippen molar-refractivity contribution in [1.29, 1.82) is 0 Å². The maximum absolute atomic E-state index is 13.1. The summed E-state index contributed by atoms with van der Waals surface area (Å²) in [7, 11) is 0. The van der Waals surface area contributed by atoms with Crippen LogP contribution in [0.15, 0.2) is 42.5 Å². The maximum Gasteiger partial charge on any atom is 0.124 e. The lowest BCUT2D eigenvalue weighted by atomic mass is 10.1. The standard InChI is InChI=1S/C18H22FNO/c1-3-10-20-12-15-6-4-5-7-18(15)21-13-16-8-9-17(19)11-14(16)2/h4-9,11,20H,3,10,12-13H2,1-2H3. The quantitative estimate of drug-likeness (QED) is 0.770. The second-order valence-corrected chi connectivity index (χ2v) is 5.14. The fraction of sp³-hybridized carbons (Fsp3) is 0.333. The highest BCUT2D eigenvalue weighted by Crippen LogP contribution is 2.20. The molecule has 112 valence electrons. The molecule has 0 spiro atoms. The number of para-hydroxylation sites is 1. The molecule has 2 rings (SSSR count). The molecule has 0 aliphatic carbocycles. The molecule has 2 aromatic carbocycles. The first kappa shape index (κ1) is 15.5. The Labute approximate surface area is 126 Å². The Balaban J connectivity index is 2.02. The summed E-state index contributed by atoms with van der Waals surface area (Å²) in [5.74, 6) is 0.672. The molecular weight excluding hydrogens is 265 g/mol. The molecule has 0 aliphatic rings. The Bertz CT molecular complexity index is 583. The van der Waals surface area contributed by atoms with E-state index in [0.717, 1.165) is 42.0 Å². The van der Waals surface area contributed by atoms with Crippen LogP contribution in [0.1, 0.15) is 30.0 Å². The molecule has 1 N–H and O–H groups in total. The predicted octanol–water partition coefficient (Wildman–Crippen LogP) is 4.21. The van der Waals surface area contributed by atoms with Crippen molar-refractivity contribution < 1.29 is 9.13 Å². The second-order valence-electron chi connectivity index (χ2n) is 5.14. The van der Waals surface area contributed by atoms with Gasteiger partial charge < -0.3 is 10.1 Å². The molecule has 0 aliphatic heterocycles. The summed E-state index contributed by atoms with van der Waals surface area (Å²) in [6, 6.07) is 12.8. The summed E-state index contributed by atoms with van der Waals surface area (Å²) in [5, 5.41) is 3.38. The van der Waals surface area contributed by atoms with Gasteiger partial charge in [-0.2, -0.15) is 0 Å². The van der Waals surface area contributed by atoms with E-state index in [-0.39, 0.29) is 5.82 Å². The zero-order valence-corrected chi connectivity index (χ0v) is 12.7. The summed E-state index contributed by atoms with van der Waals surface area (Å²) in [4.78, 5) is 0. The largest absolute Gasteiger partial charge is 0.489 e. The highest BCUT2D eigenvalue weighted by molar-refractivity contribution is 5.34. The van der Waals surface area contributed by atoms with Gasteiger partial charge in [-0.3, -0.25) is 0 Å².